The second kappa shape index (κ2) is 10.3. The summed E-state index contributed by atoms with van der Waals surface area (Å²) in [5.74, 6) is 0. The molecule has 4 heteroatoms. The zero-order valence-corrected chi connectivity index (χ0v) is 25.3. The summed E-state index contributed by atoms with van der Waals surface area (Å²) in [7, 11) is 2.35. The first-order valence-corrected chi connectivity index (χ1v) is 13.6. The number of hydrogen-bond acceptors (Lipinski definition) is 3. The summed E-state index contributed by atoms with van der Waals surface area (Å²) < 4.78 is 12.2. The van der Waals surface area contributed by atoms with Crippen molar-refractivity contribution >= 4 is 8.81 Å². The van der Waals surface area contributed by atoms with Gasteiger partial charge in [0.05, 0.1) is 11.2 Å². The van der Waals surface area contributed by atoms with Crippen LogP contribution in [0, 0.1) is 16.2 Å². The predicted molar refractivity (Wildman–Crippen MR) is 142 cm³/mol. The summed E-state index contributed by atoms with van der Waals surface area (Å²) in [5, 5.41) is 0. The van der Waals surface area contributed by atoms with E-state index in [0.29, 0.717) is 20.9 Å². The van der Waals surface area contributed by atoms with Crippen LogP contribution in [0.1, 0.15) is 117 Å². The summed E-state index contributed by atoms with van der Waals surface area (Å²) in [6.07, 6.45) is 2.12. The van der Waals surface area contributed by atoms with Gasteiger partial charge in [0.25, 0.3) is 0 Å². The quantitative estimate of drug-likeness (QED) is 0.275. The van der Waals surface area contributed by atoms with Crippen molar-refractivity contribution in [2.45, 2.75) is 146 Å². The molecule has 31 heavy (non-hydrogen) atoms. The zero-order valence-electron chi connectivity index (χ0n) is 24.3. The van der Waals surface area contributed by atoms with Crippen LogP contribution in [-0.2, 0) is 9.26 Å². The van der Waals surface area contributed by atoms with Crippen LogP contribution in [0.3, 0.4) is 0 Å². The zero-order chi connectivity index (χ0) is 25.3. The number of nitrogens with zero attached hydrogens (tertiary/aromatic N) is 1. The van der Waals surface area contributed by atoms with Crippen molar-refractivity contribution in [3.8, 4) is 0 Å². The second-order valence-electron chi connectivity index (χ2n) is 13.8. The SMILES string of the molecule is COC(C)(C)C(C)(C)C(C)N(C(C)CC(C)(C)OPC)C(C)(C)CC(C)(C)C(C)(C)C. The van der Waals surface area contributed by atoms with Crippen molar-refractivity contribution in [1.82, 2.24) is 4.90 Å². The van der Waals surface area contributed by atoms with E-state index in [1.165, 1.54) is 0 Å². The van der Waals surface area contributed by atoms with Crippen molar-refractivity contribution < 1.29 is 9.26 Å². The minimum absolute atomic E-state index is 0.0152. The Morgan fingerprint density at radius 3 is 1.61 bits per heavy atom. The van der Waals surface area contributed by atoms with Crippen LogP contribution < -0.4 is 0 Å². The van der Waals surface area contributed by atoms with Crippen LogP contribution in [0.2, 0.25) is 0 Å². The van der Waals surface area contributed by atoms with Crippen LogP contribution in [0.25, 0.3) is 0 Å². The highest BCUT2D eigenvalue weighted by Crippen LogP contribution is 2.49. The molecule has 0 aliphatic rings. The molecule has 0 heterocycles. The molecule has 0 aromatic rings. The Labute approximate surface area is 198 Å². The fraction of sp³-hybridized carbons (Fsp3) is 1.00. The number of methoxy groups -OCH3 is 1. The summed E-state index contributed by atoms with van der Waals surface area (Å²) in [6, 6.07) is 0.696. The molecule has 0 saturated carbocycles. The van der Waals surface area contributed by atoms with Gasteiger partial charge >= 0.3 is 0 Å². The summed E-state index contributed by atoms with van der Waals surface area (Å²) >= 11 is 0. The first-order chi connectivity index (χ1) is 13.5. The molecule has 0 radical (unpaired) electrons. The van der Waals surface area contributed by atoms with Crippen molar-refractivity contribution in [1.29, 1.82) is 0 Å². The second-order valence-corrected chi connectivity index (χ2v) is 14.4. The van der Waals surface area contributed by atoms with Gasteiger partial charge in [-0.2, -0.15) is 0 Å². The van der Waals surface area contributed by atoms with Crippen molar-refractivity contribution in [3.05, 3.63) is 0 Å². The molecule has 0 fully saturated rings. The molecule has 3 unspecified atom stereocenters. The minimum Gasteiger partial charge on any atom is -0.378 e. The van der Waals surface area contributed by atoms with Crippen molar-refractivity contribution in [2.75, 3.05) is 13.8 Å². The maximum absolute atomic E-state index is 6.15. The largest absolute Gasteiger partial charge is 0.378 e. The van der Waals surface area contributed by atoms with Crippen molar-refractivity contribution in [3.63, 3.8) is 0 Å². The number of rotatable bonds is 12. The lowest BCUT2D eigenvalue weighted by Crippen LogP contribution is -2.63. The van der Waals surface area contributed by atoms with E-state index in [-0.39, 0.29) is 33.0 Å². The monoisotopic (exact) mass is 459 g/mol. The molecule has 0 aliphatic carbocycles. The average molecular weight is 460 g/mol. The Hall–Kier alpha value is 0.310. The van der Waals surface area contributed by atoms with Gasteiger partial charge in [-0.05, 0) is 85.7 Å². The lowest BCUT2D eigenvalue weighted by molar-refractivity contribution is -0.138. The molecule has 0 aliphatic heterocycles. The van der Waals surface area contributed by atoms with E-state index in [0.717, 1.165) is 12.8 Å². The topological polar surface area (TPSA) is 21.7 Å². The Balaban J connectivity index is 6.38. The van der Waals surface area contributed by atoms with Crippen LogP contribution in [0.15, 0.2) is 0 Å². The van der Waals surface area contributed by atoms with E-state index in [1.54, 1.807) is 0 Å². The molecule has 3 atom stereocenters. The standard InChI is InChI=1S/C27H58NO2P/c1-20(18-25(10,11)30-31-17)28(21(2)26(12,13)27(14,15)29-16)24(8,9)19-23(6,7)22(3,4)5/h20-21,31H,18-19H2,1-17H3. The highest BCUT2D eigenvalue weighted by atomic mass is 31.1. The molecule has 188 valence electrons. The fourth-order valence-electron chi connectivity index (χ4n) is 5.18. The van der Waals surface area contributed by atoms with Crippen LogP contribution in [-0.4, -0.2) is 47.5 Å². The highest BCUT2D eigenvalue weighted by molar-refractivity contribution is 7.31. The van der Waals surface area contributed by atoms with Gasteiger partial charge in [-0.15, -0.1) is 0 Å². The Bertz CT molecular complexity index is 558. The lowest BCUT2D eigenvalue weighted by atomic mass is 9.62. The summed E-state index contributed by atoms with van der Waals surface area (Å²) in [5.41, 5.74) is 0.0251. The predicted octanol–water partition coefficient (Wildman–Crippen LogP) is 8.17. The van der Waals surface area contributed by atoms with Gasteiger partial charge in [0.1, 0.15) is 0 Å². The maximum Gasteiger partial charge on any atom is 0.0688 e. The first kappa shape index (κ1) is 31.3. The van der Waals surface area contributed by atoms with Gasteiger partial charge in [-0.3, -0.25) is 4.90 Å². The van der Waals surface area contributed by atoms with Gasteiger partial charge in [-0.1, -0.05) is 48.5 Å². The number of hydrogen-bond donors (Lipinski definition) is 0. The van der Waals surface area contributed by atoms with Crippen LogP contribution in [0.5, 0.6) is 0 Å². The number of ether oxygens (including phenoxy) is 1. The average Bonchev–Trinajstić information content (AvgIpc) is 2.51. The molecule has 0 aromatic carbocycles. The molecular formula is C27H58NO2P. The first-order valence-electron chi connectivity index (χ1n) is 12.2. The van der Waals surface area contributed by atoms with Gasteiger partial charge in [-0.25, -0.2) is 0 Å². The molecule has 0 rings (SSSR count). The third-order valence-electron chi connectivity index (χ3n) is 8.77. The normalized spacial score (nSPS) is 17.6. The van der Waals surface area contributed by atoms with Crippen LogP contribution in [0.4, 0.5) is 0 Å². The van der Waals surface area contributed by atoms with Gasteiger partial charge in [0.2, 0.25) is 0 Å². The Morgan fingerprint density at radius 2 is 1.26 bits per heavy atom. The molecule has 0 amide bonds. The highest BCUT2D eigenvalue weighted by Gasteiger charge is 2.50. The maximum atomic E-state index is 6.15. The molecular weight excluding hydrogens is 401 g/mol. The third-order valence-corrected chi connectivity index (χ3v) is 9.52. The van der Waals surface area contributed by atoms with E-state index in [1.807, 2.05) is 7.11 Å². The van der Waals surface area contributed by atoms with E-state index in [4.69, 9.17) is 9.26 Å². The minimum atomic E-state index is -0.239. The molecule has 3 nitrogen and oxygen atoms in total. The molecule has 0 N–H and O–H groups in total. The molecule has 0 aromatic heterocycles. The molecule has 0 saturated heterocycles. The van der Waals surface area contributed by atoms with E-state index >= 15 is 0 Å². The van der Waals surface area contributed by atoms with Crippen LogP contribution >= 0.6 is 8.81 Å². The lowest BCUT2D eigenvalue weighted by Gasteiger charge is -2.58. The van der Waals surface area contributed by atoms with Crippen molar-refractivity contribution in [2.24, 2.45) is 16.2 Å². The molecule has 0 bridgehead atoms. The fourth-order valence-corrected chi connectivity index (χ4v) is 5.82. The summed E-state index contributed by atoms with van der Waals surface area (Å²) in [4.78, 5) is 2.78. The van der Waals surface area contributed by atoms with E-state index < -0.39 is 0 Å². The van der Waals surface area contributed by atoms with Gasteiger partial charge < -0.3 is 9.26 Å². The Kier molecular flexibility index (Phi) is 10.4. The summed E-state index contributed by atoms with van der Waals surface area (Å²) in [6.45, 7) is 37.4. The van der Waals surface area contributed by atoms with Gasteiger partial charge in [0, 0.05) is 39.0 Å². The third kappa shape index (κ3) is 7.66. The van der Waals surface area contributed by atoms with E-state index in [9.17, 15) is 0 Å². The smallest absolute Gasteiger partial charge is 0.0688 e. The molecule has 0 spiro atoms. The Morgan fingerprint density at radius 1 is 0.806 bits per heavy atom. The van der Waals surface area contributed by atoms with Gasteiger partial charge in [0.15, 0.2) is 0 Å². The van der Waals surface area contributed by atoms with E-state index in [2.05, 4.69) is 115 Å².